The van der Waals surface area contributed by atoms with E-state index < -0.39 is 23.9 Å². The molecule has 0 saturated carbocycles. The van der Waals surface area contributed by atoms with Gasteiger partial charge < -0.3 is 9.84 Å². The summed E-state index contributed by atoms with van der Waals surface area (Å²) in [5, 5.41) is 6.50. The Morgan fingerprint density at radius 1 is 1.27 bits per heavy atom. The van der Waals surface area contributed by atoms with E-state index in [1.807, 2.05) is 0 Å². The van der Waals surface area contributed by atoms with Gasteiger partial charge in [-0.15, -0.1) is 0 Å². The Hall–Kier alpha value is -2.95. The van der Waals surface area contributed by atoms with Crippen molar-refractivity contribution in [3.05, 3.63) is 35.7 Å². The Labute approximate surface area is 145 Å². The van der Waals surface area contributed by atoms with E-state index in [1.165, 1.54) is 31.4 Å². The van der Waals surface area contributed by atoms with Gasteiger partial charge in [0, 0.05) is 12.1 Å². The number of halogens is 3. The van der Waals surface area contributed by atoms with Crippen LogP contribution in [0.4, 0.5) is 13.2 Å². The summed E-state index contributed by atoms with van der Waals surface area (Å²) >= 11 is 0. The van der Waals surface area contributed by atoms with Crippen LogP contribution in [0.25, 0.3) is 11.4 Å². The first-order chi connectivity index (χ1) is 12.3. The summed E-state index contributed by atoms with van der Waals surface area (Å²) in [5.74, 6) is -3.33. The van der Waals surface area contributed by atoms with Crippen molar-refractivity contribution in [2.75, 3.05) is 13.7 Å². The fourth-order valence-electron chi connectivity index (χ4n) is 1.95. The van der Waals surface area contributed by atoms with E-state index in [0.29, 0.717) is 17.7 Å². The normalized spacial score (nSPS) is 11.3. The van der Waals surface area contributed by atoms with E-state index in [4.69, 9.17) is 4.84 Å². The summed E-state index contributed by atoms with van der Waals surface area (Å²) in [6.45, 7) is 1.93. The van der Waals surface area contributed by atoms with Crippen molar-refractivity contribution in [1.29, 1.82) is 0 Å². The minimum absolute atomic E-state index is 0.0349. The fraction of sp³-hybridized carbons (Fsp3) is 0.333. The maximum Gasteiger partial charge on any atom is 0.471 e. The molecule has 0 atom stereocenters. The summed E-state index contributed by atoms with van der Waals surface area (Å²) in [6, 6.07) is 6.00. The minimum Gasteiger partial charge on any atom is -0.348 e. The lowest BCUT2D eigenvalue weighted by atomic mass is 10.1. The smallest absolute Gasteiger partial charge is 0.348 e. The molecule has 26 heavy (non-hydrogen) atoms. The second-order valence-electron chi connectivity index (χ2n) is 5.00. The quantitative estimate of drug-likeness (QED) is 0.635. The van der Waals surface area contributed by atoms with Crippen LogP contribution in [0, 0.1) is 0 Å². The van der Waals surface area contributed by atoms with Crippen molar-refractivity contribution >= 4 is 11.8 Å². The first-order valence-corrected chi connectivity index (χ1v) is 7.40. The maximum atomic E-state index is 12.5. The molecule has 0 bridgehead atoms. The number of alkyl halides is 3. The second-order valence-corrected chi connectivity index (χ2v) is 5.00. The SMILES string of the molecule is CCNC(=O)C(=O)N(Cc1ccc(-c2noc(C(F)(F)F)n2)cc1)OC. The lowest BCUT2D eigenvalue weighted by Gasteiger charge is -2.19. The summed E-state index contributed by atoms with van der Waals surface area (Å²) in [4.78, 5) is 31.6. The number of hydrogen-bond acceptors (Lipinski definition) is 6. The molecular formula is C15H15F3N4O4. The average molecular weight is 372 g/mol. The van der Waals surface area contributed by atoms with Crippen molar-refractivity contribution in [2.45, 2.75) is 19.6 Å². The summed E-state index contributed by atoms with van der Waals surface area (Å²) in [6.07, 6.45) is -4.72. The van der Waals surface area contributed by atoms with Gasteiger partial charge >= 0.3 is 23.9 Å². The molecule has 0 radical (unpaired) electrons. The second kappa shape index (κ2) is 7.95. The largest absolute Gasteiger partial charge is 0.471 e. The van der Waals surface area contributed by atoms with Crippen molar-refractivity contribution in [1.82, 2.24) is 20.5 Å². The highest BCUT2D eigenvalue weighted by Gasteiger charge is 2.38. The number of carbonyl (C=O) groups excluding carboxylic acids is 2. The van der Waals surface area contributed by atoms with Gasteiger partial charge in [-0.05, 0) is 12.5 Å². The molecule has 11 heteroatoms. The Morgan fingerprint density at radius 3 is 2.42 bits per heavy atom. The molecule has 0 saturated heterocycles. The number of aromatic nitrogens is 2. The van der Waals surface area contributed by atoms with Crippen LogP contribution in [0.5, 0.6) is 0 Å². The van der Waals surface area contributed by atoms with Gasteiger partial charge in [-0.3, -0.25) is 14.4 Å². The Morgan fingerprint density at radius 2 is 1.92 bits per heavy atom. The average Bonchev–Trinajstić information content (AvgIpc) is 3.10. The van der Waals surface area contributed by atoms with Crippen LogP contribution in [0.1, 0.15) is 18.4 Å². The molecule has 2 amide bonds. The predicted molar refractivity (Wildman–Crippen MR) is 81.0 cm³/mol. The van der Waals surface area contributed by atoms with Gasteiger partial charge in [0.2, 0.25) is 5.82 Å². The molecule has 0 unspecified atom stereocenters. The predicted octanol–water partition coefficient (Wildman–Crippen LogP) is 1.78. The van der Waals surface area contributed by atoms with Crippen LogP contribution in [0.2, 0.25) is 0 Å². The van der Waals surface area contributed by atoms with E-state index in [1.54, 1.807) is 6.92 Å². The van der Waals surface area contributed by atoms with Crippen LogP contribution in [0.15, 0.2) is 28.8 Å². The molecular weight excluding hydrogens is 357 g/mol. The molecule has 0 aliphatic heterocycles. The molecule has 0 aliphatic rings. The van der Waals surface area contributed by atoms with Gasteiger partial charge in [0.1, 0.15) is 0 Å². The third-order valence-corrected chi connectivity index (χ3v) is 3.19. The van der Waals surface area contributed by atoms with Gasteiger partial charge in [0.15, 0.2) is 0 Å². The number of hydrogen-bond donors (Lipinski definition) is 1. The number of rotatable bonds is 5. The molecule has 0 spiro atoms. The highest BCUT2D eigenvalue weighted by Crippen LogP contribution is 2.29. The summed E-state index contributed by atoms with van der Waals surface area (Å²) in [5.41, 5.74) is 0.875. The Balaban J connectivity index is 2.10. The monoisotopic (exact) mass is 372 g/mol. The van der Waals surface area contributed by atoms with E-state index in [-0.39, 0.29) is 12.4 Å². The Kier molecular flexibility index (Phi) is 5.93. The van der Waals surface area contributed by atoms with Crippen LogP contribution in [0.3, 0.4) is 0 Å². The van der Waals surface area contributed by atoms with E-state index in [2.05, 4.69) is 20.0 Å². The number of benzene rings is 1. The zero-order chi connectivity index (χ0) is 19.3. The van der Waals surface area contributed by atoms with E-state index >= 15 is 0 Å². The lowest BCUT2D eigenvalue weighted by molar-refractivity contribution is -0.182. The third-order valence-electron chi connectivity index (χ3n) is 3.19. The van der Waals surface area contributed by atoms with E-state index in [9.17, 15) is 22.8 Å². The summed E-state index contributed by atoms with van der Waals surface area (Å²) < 4.78 is 41.6. The topological polar surface area (TPSA) is 97.6 Å². The molecule has 0 aliphatic carbocycles. The van der Waals surface area contributed by atoms with Crippen LogP contribution in [-0.4, -0.2) is 40.7 Å². The molecule has 2 aromatic rings. The van der Waals surface area contributed by atoms with Gasteiger partial charge in [0.05, 0.1) is 13.7 Å². The zero-order valence-corrected chi connectivity index (χ0v) is 13.8. The van der Waals surface area contributed by atoms with Gasteiger partial charge in [-0.2, -0.15) is 18.2 Å². The molecule has 8 nitrogen and oxygen atoms in total. The maximum absolute atomic E-state index is 12.5. The van der Waals surface area contributed by atoms with Crippen LogP contribution < -0.4 is 5.32 Å². The molecule has 1 N–H and O–H groups in total. The summed E-state index contributed by atoms with van der Waals surface area (Å²) in [7, 11) is 1.24. The first-order valence-electron chi connectivity index (χ1n) is 7.40. The molecule has 0 fully saturated rings. The molecule has 2 rings (SSSR count). The van der Waals surface area contributed by atoms with Gasteiger partial charge in [-0.25, -0.2) is 5.06 Å². The number of likely N-dealkylation sites (N-methyl/N-ethyl adjacent to an activating group) is 1. The fourth-order valence-corrected chi connectivity index (χ4v) is 1.95. The molecule has 1 aromatic carbocycles. The number of hydroxylamine groups is 2. The molecule has 140 valence electrons. The van der Waals surface area contributed by atoms with Crippen molar-refractivity contribution in [3.63, 3.8) is 0 Å². The van der Waals surface area contributed by atoms with Crippen molar-refractivity contribution < 1.29 is 32.1 Å². The van der Waals surface area contributed by atoms with Crippen LogP contribution >= 0.6 is 0 Å². The highest BCUT2D eigenvalue weighted by atomic mass is 19.4. The number of nitrogens with zero attached hydrogens (tertiary/aromatic N) is 3. The van der Waals surface area contributed by atoms with E-state index in [0.717, 1.165) is 5.06 Å². The standard InChI is InChI=1S/C15H15F3N4O4/c1-3-19-12(23)13(24)22(25-2)8-9-4-6-10(7-5-9)11-20-14(26-21-11)15(16,17)18/h4-7H,3,8H2,1-2H3,(H,19,23). The van der Waals surface area contributed by atoms with Crippen molar-refractivity contribution in [3.8, 4) is 11.4 Å². The molecule has 1 aromatic heterocycles. The molecule has 1 heterocycles. The van der Waals surface area contributed by atoms with Crippen molar-refractivity contribution in [2.24, 2.45) is 0 Å². The van der Waals surface area contributed by atoms with Gasteiger partial charge in [0.25, 0.3) is 0 Å². The third kappa shape index (κ3) is 4.57. The Bertz CT molecular complexity index is 774. The highest BCUT2D eigenvalue weighted by molar-refractivity contribution is 6.34. The number of carbonyl (C=O) groups is 2. The van der Waals surface area contributed by atoms with Crippen LogP contribution in [-0.2, 0) is 27.1 Å². The minimum atomic E-state index is -4.72. The lowest BCUT2D eigenvalue weighted by Crippen LogP contribution is -2.42. The number of nitrogens with one attached hydrogen (secondary N) is 1. The van der Waals surface area contributed by atoms with Gasteiger partial charge in [-0.1, -0.05) is 29.4 Å². The number of amides is 2. The zero-order valence-electron chi connectivity index (χ0n) is 13.8. The first kappa shape index (κ1) is 19.4.